The molecule has 1 aliphatic rings. The van der Waals surface area contributed by atoms with Gasteiger partial charge in [0.2, 0.25) is 0 Å². The molecule has 1 heterocycles. The minimum Gasteiger partial charge on any atom is -0.504 e. The number of ketones is 2. The van der Waals surface area contributed by atoms with Crippen molar-refractivity contribution in [2.45, 2.75) is 96.8 Å². The minimum absolute atomic E-state index is 0.0531. The highest BCUT2D eigenvalue weighted by atomic mass is 16.5. The van der Waals surface area contributed by atoms with Gasteiger partial charge in [-0.1, -0.05) is 74.4 Å². The van der Waals surface area contributed by atoms with E-state index in [-0.39, 0.29) is 29.5 Å². The largest absolute Gasteiger partial charge is 0.504 e. The first-order valence-corrected chi connectivity index (χ1v) is 20.4. The van der Waals surface area contributed by atoms with Crippen LogP contribution in [0, 0.1) is 11.3 Å². The van der Waals surface area contributed by atoms with Gasteiger partial charge in [-0.3, -0.25) is 9.59 Å². The number of rotatable bonds is 22. The second kappa shape index (κ2) is 20.9. The van der Waals surface area contributed by atoms with E-state index >= 15 is 0 Å². The number of aromatic nitrogens is 1. The summed E-state index contributed by atoms with van der Waals surface area (Å²) in [6.45, 7) is 2.86. The molecule has 0 radical (unpaired) electrons. The predicted molar refractivity (Wildman–Crippen MR) is 226 cm³/mol. The van der Waals surface area contributed by atoms with Gasteiger partial charge in [0.1, 0.15) is 11.6 Å². The normalized spacial score (nSPS) is 14.5. The zero-order valence-electron chi connectivity index (χ0n) is 33.6. The topological polar surface area (TPSA) is 135 Å². The van der Waals surface area contributed by atoms with Crippen molar-refractivity contribution in [2.75, 3.05) is 33.0 Å². The average Bonchev–Trinajstić information content (AvgIpc) is 3.64. The lowest BCUT2D eigenvalue weighted by Gasteiger charge is -2.32. The van der Waals surface area contributed by atoms with Crippen molar-refractivity contribution < 1.29 is 24.5 Å². The van der Waals surface area contributed by atoms with Crippen LogP contribution in [0.15, 0.2) is 85.1 Å². The number of carbonyl (C=O) groups is 2. The number of phenolic OH excluding ortho intramolecular Hbond substituents is 1. The van der Waals surface area contributed by atoms with Crippen molar-refractivity contribution in [1.82, 2.24) is 10.3 Å². The van der Waals surface area contributed by atoms with Crippen molar-refractivity contribution in [3.63, 3.8) is 0 Å². The Kier molecular flexibility index (Phi) is 15.8. The fourth-order valence-electron chi connectivity index (χ4n) is 8.75. The number of methoxy groups -OCH3 is 1. The number of allylic oxidation sites excluding steroid dienone is 1. The third-order valence-electron chi connectivity index (χ3n) is 11.5. The van der Waals surface area contributed by atoms with Gasteiger partial charge in [-0.2, -0.15) is 0 Å². The molecule has 56 heavy (non-hydrogen) atoms. The number of pyridine rings is 1. The van der Waals surface area contributed by atoms with Gasteiger partial charge < -0.3 is 26.0 Å². The highest BCUT2D eigenvalue weighted by Crippen LogP contribution is 2.47. The zero-order chi connectivity index (χ0) is 39.9. The molecule has 0 spiro atoms. The monoisotopic (exact) mass is 759 g/mol. The lowest BCUT2D eigenvalue weighted by atomic mass is 9.74. The molecule has 3 aromatic carbocycles. The van der Waals surface area contributed by atoms with Crippen LogP contribution in [-0.2, 0) is 41.7 Å². The molecule has 0 aliphatic heterocycles. The number of anilines is 1. The van der Waals surface area contributed by atoms with Crippen LogP contribution >= 0.6 is 0 Å². The fraction of sp³-hybridized carbons (Fsp3) is 0.438. The van der Waals surface area contributed by atoms with Crippen LogP contribution in [0.25, 0.3) is 5.57 Å². The van der Waals surface area contributed by atoms with Crippen molar-refractivity contribution in [3.05, 3.63) is 124 Å². The highest BCUT2D eigenvalue weighted by Gasteiger charge is 2.34. The van der Waals surface area contributed by atoms with Gasteiger partial charge in [0.25, 0.3) is 0 Å². The molecular formula is C48H61N3O5. The quantitative estimate of drug-likeness (QED) is 0.0464. The van der Waals surface area contributed by atoms with E-state index < -0.39 is 6.61 Å². The Bertz CT molecular complexity index is 1930. The van der Waals surface area contributed by atoms with E-state index in [1.165, 1.54) is 62.0 Å². The summed E-state index contributed by atoms with van der Waals surface area (Å²) in [6, 6.07) is 24.4. The van der Waals surface area contributed by atoms with E-state index in [4.69, 9.17) is 10.5 Å². The van der Waals surface area contributed by atoms with E-state index in [9.17, 15) is 19.8 Å². The number of hydrogen-bond acceptors (Lipinski definition) is 8. The summed E-state index contributed by atoms with van der Waals surface area (Å²) >= 11 is 0. The lowest BCUT2D eigenvalue weighted by Crippen LogP contribution is -2.25. The lowest BCUT2D eigenvalue weighted by molar-refractivity contribution is -0.124. The van der Waals surface area contributed by atoms with E-state index in [0.29, 0.717) is 46.7 Å². The number of nitrogen functional groups attached to an aromatic ring is 1. The number of Topliss-reactive ketones (excluding diaryl/α,β-unsaturated/α-hetero) is 1. The van der Waals surface area contributed by atoms with Gasteiger partial charge in [-0.05, 0) is 158 Å². The van der Waals surface area contributed by atoms with Crippen molar-refractivity contribution in [2.24, 2.45) is 11.3 Å². The Morgan fingerprint density at radius 2 is 1.62 bits per heavy atom. The Balaban J connectivity index is 1.27. The molecule has 298 valence electrons. The molecule has 8 heteroatoms. The van der Waals surface area contributed by atoms with Crippen LogP contribution in [0.4, 0.5) is 5.82 Å². The molecule has 1 aliphatic carbocycles. The summed E-state index contributed by atoms with van der Waals surface area (Å²) < 4.78 is 5.44. The number of nitrogens with one attached hydrogen (secondary N) is 1. The van der Waals surface area contributed by atoms with Crippen molar-refractivity contribution >= 4 is 23.0 Å². The number of hydrogen-bond donors (Lipinski definition) is 4. The number of nitrogens with zero attached hydrogens (tertiary/aromatic N) is 1. The summed E-state index contributed by atoms with van der Waals surface area (Å²) in [6.07, 6.45) is 15.0. The summed E-state index contributed by atoms with van der Waals surface area (Å²) in [5, 5.41) is 24.7. The molecule has 8 nitrogen and oxygen atoms in total. The number of benzene rings is 3. The van der Waals surface area contributed by atoms with Gasteiger partial charge in [-0.15, -0.1) is 0 Å². The average molecular weight is 760 g/mol. The number of carbonyl (C=O) groups excluding carboxylic acids is 2. The standard InChI is InChI=1S/C48H61N3O5/c1-34(31-50-2)30-48(20-7-8-21-48)22-10-15-42(53)28-43(54)25-41(33-52)44-29-46(56-3)45(55)26-39(44)24-40-32-51-47(49)27-38(40)19-18-37-14-9-13-36(23-37)17-16-35-11-5-4-6-12-35/h4-6,9,11-14,23,25-27,29,32,34,50,52,55H,7-8,10,15-22,24,28,30-31,33H2,1-3H3,(H2,49,51). The van der Waals surface area contributed by atoms with Crippen molar-refractivity contribution in [3.8, 4) is 11.5 Å². The van der Waals surface area contributed by atoms with Gasteiger partial charge >= 0.3 is 0 Å². The van der Waals surface area contributed by atoms with Crippen molar-refractivity contribution in [1.29, 1.82) is 0 Å². The van der Waals surface area contributed by atoms with Crippen LogP contribution < -0.4 is 15.8 Å². The van der Waals surface area contributed by atoms with Crippen LogP contribution in [0.2, 0.25) is 0 Å². The second-order valence-corrected chi connectivity index (χ2v) is 16.0. The summed E-state index contributed by atoms with van der Waals surface area (Å²) in [7, 11) is 3.45. The summed E-state index contributed by atoms with van der Waals surface area (Å²) in [5.74, 6) is 0.745. The van der Waals surface area contributed by atoms with Crippen LogP contribution in [0.3, 0.4) is 0 Å². The summed E-state index contributed by atoms with van der Waals surface area (Å²) in [5.41, 5.74) is 13.9. The zero-order valence-corrected chi connectivity index (χ0v) is 33.6. The molecule has 0 amide bonds. The number of phenols is 1. The molecule has 1 fully saturated rings. The third kappa shape index (κ3) is 12.4. The van der Waals surface area contributed by atoms with Gasteiger partial charge in [0.15, 0.2) is 17.3 Å². The Morgan fingerprint density at radius 3 is 2.32 bits per heavy atom. The maximum atomic E-state index is 13.3. The number of aryl methyl sites for hydroxylation is 4. The number of ether oxygens (including phenoxy) is 1. The molecule has 5 rings (SSSR count). The minimum atomic E-state index is -0.429. The first-order valence-electron chi connectivity index (χ1n) is 20.4. The number of nitrogens with two attached hydrogens (primary N) is 1. The number of aromatic hydroxyl groups is 1. The summed E-state index contributed by atoms with van der Waals surface area (Å²) in [4.78, 5) is 30.8. The molecule has 0 bridgehead atoms. The van der Waals surface area contributed by atoms with Crippen LogP contribution in [-0.4, -0.2) is 54.1 Å². The van der Waals surface area contributed by atoms with Crippen LogP contribution in [0.5, 0.6) is 11.5 Å². The maximum Gasteiger partial charge on any atom is 0.163 e. The van der Waals surface area contributed by atoms with Gasteiger partial charge in [0, 0.05) is 12.6 Å². The van der Waals surface area contributed by atoms with E-state index in [0.717, 1.165) is 56.2 Å². The number of aliphatic hydroxyl groups is 1. The first-order chi connectivity index (χ1) is 27.1. The molecule has 1 atom stereocenters. The molecule has 4 aromatic rings. The van der Waals surface area contributed by atoms with E-state index in [1.54, 1.807) is 18.3 Å². The van der Waals surface area contributed by atoms with E-state index in [1.807, 2.05) is 19.2 Å². The predicted octanol–water partition coefficient (Wildman–Crippen LogP) is 8.42. The molecule has 1 aromatic heterocycles. The first kappa shape index (κ1) is 42.4. The fourth-order valence-corrected chi connectivity index (χ4v) is 8.75. The third-order valence-corrected chi connectivity index (χ3v) is 11.5. The highest BCUT2D eigenvalue weighted by molar-refractivity contribution is 6.07. The number of aliphatic hydroxyl groups excluding tert-OH is 1. The second-order valence-electron chi connectivity index (χ2n) is 16.0. The smallest absolute Gasteiger partial charge is 0.163 e. The Labute approximate surface area is 333 Å². The molecule has 1 unspecified atom stereocenters. The molecule has 5 N–H and O–H groups in total. The van der Waals surface area contributed by atoms with E-state index in [2.05, 4.69) is 65.8 Å². The molecular weight excluding hydrogens is 699 g/mol. The Hall–Kier alpha value is -4.79. The van der Waals surface area contributed by atoms with Gasteiger partial charge in [-0.25, -0.2) is 4.98 Å². The maximum absolute atomic E-state index is 13.3. The SMILES string of the molecule is CNCC(C)CC1(CCCC(=O)CC(=O)C=C(CO)c2cc(OC)c(O)cc2Cc2cnc(N)cc2CCc2cccc(CCc3ccccc3)c2)CCCC1. The molecule has 0 saturated heterocycles. The van der Waals surface area contributed by atoms with Gasteiger partial charge in [0.05, 0.1) is 20.1 Å². The van der Waals surface area contributed by atoms with Crippen LogP contribution in [0.1, 0.15) is 104 Å². The Morgan fingerprint density at radius 1 is 0.929 bits per heavy atom. The molecule has 1 saturated carbocycles.